The largest absolute Gasteiger partial charge is 0.494 e. The monoisotopic (exact) mass is 462 g/mol. The maximum atomic E-state index is 12.2. The number of hydrogen-bond donors (Lipinski definition) is 0. The smallest absolute Gasteiger partial charge is 0.164 e. The quantitative estimate of drug-likeness (QED) is 0.557. The molecule has 2 aromatic carbocycles. The van der Waals surface area contributed by atoms with Crippen LogP contribution in [0.2, 0.25) is 0 Å². The molecule has 1 fully saturated rings. The molecule has 0 radical (unpaired) electrons. The highest BCUT2D eigenvalue weighted by Gasteiger charge is 2.47. The average molecular weight is 463 g/mol. The van der Waals surface area contributed by atoms with Crippen molar-refractivity contribution >= 4 is 32.5 Å². The molecule has 2 aliphatic rings. The number of aliphatic imine (C=N–C) groups is 1. The van der Waals surface area contributed by atoms with Gasteiger partial charge < -0.3 is 19.1 Å². The fourth-order valence-electron chi connectivity index (χ4n) is 3.84. The minimum absolute atomic E-state index is 0.0998. The molecular weight excluding hydrogens is 436 g/mol. The molecule has 0 aromatic heterocycles. The zero-order valence-electron chi connectivity index (χ0n) is 17.6. The van der Waals surface area contributed by atoms with Gasteiger partial charge in [0.25, 0.3) is 0 Å². The first kappa shape index (κ1) is 21.8. The molecule has 31 heavy (non-hydrogen) atoms. The predicted octanol–water partition coefficient (Wildman–Crippen LogP) is 3.25. The van der Waals surface area contributed by atoms with E-state index in [9.17, 15) is 8.42 Å². The number of methoxy groups -OCH3 is 2. The summed E-state index contributed by atoms with van der Waals surface area (Å²) in [6.45, 7) is 0.613. The van der Waals surface area contributed by atoms with E-state index < -0.39 is 9.84 Å². The number of sulfone groups is 1. The van der Waals surface area contributed by atoms with Gasteiger partial charge in [-0.05, 0) is 30.7 Å². The Morgan fingerprint density at radius 3 is 2.58 bits per heavy atom. The summed E-state index contributed by atoms with van der Waals surface area (Å²) in [6.07, 6.45) is 0.853. The Morgan fingerprint density at radius 2 is 1.84 bits per heavy atom. The third kappa shape index (κ3) is 4.93. The van der Waals surface area contributed by atoms with E-state index in [0.29, 0.717) is 18.1 Å². The van der Waals surface area contributed by atoms with Crippen LogP contribution in [0.4, 0.5) is 5.69 Å². The number of anilines is 1. The molecule has 0 unspecified atom stereocenters. The Labute approximate surface area is 187 Å². The minimum atomic E-state index is -3.09. The van der Waals surface area contributed by atoms with E-state index in [1.54, 1.807) is 26.0 Å². The van der Waals surface area contributed by atoms with E-state index in [1.165, 1.54) is 0 Å². The van der Waals surface area contributed by atoms with Crippen molar-refractivity contribution in [3.8, 4) is 17.2 Å². The maximum absolute atomic E-state index is 12.2. The van der Waals surface area contributed by atoms with Crippen LogP contribution in [0.25, 0.3) is 0 Å². The first-order chi connectivity index (χ1) is 15.0. The van der Waals surface area contributed by atoms with Crippen molar-refractivity contribution in [1.82, 2.24) is 0 Å². The van der Waals surface area contributed by atoms with Gasteiger partial charge in [-0.25, -0.2) is 8.42 Å². The Kier molecular flexibility index (Phi) is 6.62. The van der Waals surface area contributed by atoms with Crippen LogP contribution in [0.1, 0.15) is 6.42 Å². The SMILES string of the molecule is COc1ccc(N2C(SCCCOc3ccccc3)=N[C@H]3CS(=O)(=O)C[C@@H]32)cc1OC. The number of para-hydroxylation sites is 1. The molecule has 9 heteroatoms. The van der Waals surface area contributed by atoms with E-state index in [-0.39, 0.29) is 23.6 Å². The van der Waals surface area contributed by atoms with Crippen molar-refractivity contribution in [3.05, 3.63) is 48.5 Å². The Morgan fingerprint density at radius 1 is 1.06 bits per heavy atom. The van der Waals surface area contributed by atoms with Gasteiger partial charge in [0.15, 0.2) is 26.5 Å². The highest BCUT2D eigenvalue weighted by molar-refractivity contribution is 8.14. The molecular formula is C22H26N2O5S2. The van der Waals surface area contributed by atoms with Gasteiger partial charge in [-0.1, -0.05) is 30.0 Å². The van der Waals surface area contributed by atoms with Crippen LogP contribution >= 0.6 is 11.8 Å². The lowest BCUT2D eigenvalue weighted by Crippen LogP contribution is -2.39. The summed E-state index contributed by atoms with van der Waals surface area (Å²) in [7, 11) is 0.0866. The lowest BCUT2D eigenvalue weighted by atomic mass is 10.1. The van der Waals surface area contributed by atoms with Gasteiger partial charge in [0.1, 0.15) is 5.75 Å². The van der Waals surface area contributed by atoms with Crippen molar-refractivity contribution in [3.63, 3.8) is 0 Å². The highest BCUT2D eigenvalue weighted by atomic mass is 32.2. The fourth-order valence-corrected chi connectivity index (χ4v) is 6.72. The Hall–Kier alpha value is -2.39. The van der Waals surface area contributed by atoms with Crippen LogP contribution in [0.15, 0.2) is 53.5 Å². The fraction of sp³-hybridized carbons (Fsp3) is 0.409. The van der Waals surface area contributed by atoms with Crippen LogP contribution in [-0.4, -0.2) is 63.8 Å². The van der Waals surface area contributed by atoms with E-state index in [4.69, 9.17) is 19.2 Å². The maximum Gasteiger partial charge on any atom is 0.164 e. The number of rotatable bonds is 8. The normalized spacial score (nSPS) is 21.5. The summed E-state index contributed by atoms with van der Waals surface area (Å²) in [4.78, 5) is 6.81. The van der Waals surface area contributed by atoms with Crippen LogP contribution in [-0.2, 0) is 9.84 Å². The molecule has 2 aromatic rings. The third-order valence-corrected chi connectivity index (χ3v) is 8.04. The van der Waals surface area contributed by atoms with Crippen molar-refractivity contribution in [1.29, 1.82) is 0 Å². The van der Waals surface area contributed by atoms with Gasteiger partial charge in [0.2, 0.25) is 0 Å². The molecule has 2 aliphatic heterocycles. The average Bonchev–Trinajstić information content (AvgIpc) is 3.24. The Bertz CT molecular complexity index is 1040. The zero-order valence-corrected chi connectivity index (χ0v) is 19.2. The zero-order chi connectivity index (χ0) is 21.8. The minimum Gasteiger partial charge on any atom is -0.494 e. The third-order valence-electron chi connectivity index (χ3n) is 5.28. The van der Waals surface area contributed by atoms with Crippen LogP contribution < -0.4 is 19.1 Å². The van der Waals surface area contributed by atoms with Gasteiger partial charge in [-0.2, -0.15) is 0 Å². The van der Waals surface area contributed by atoms with Crippen LogP contribution in [0.3, 0.4) is 0 Å². The second-order valence-corrected chi connectivity index (χ2v) is 10.6. The molecule has 0 spiro atoms. The molecule has 166 valence electrons. The van der Waals surface area contributed by atoms with E-state index in [2.05, 4.69) is 0 Å². The summed E-state index contributed by atoms with van der Waals surface area (Å²) in [5.41, 5.74) is 0.856. The van der Waals surface area contributed by atoms with Gasteiger partial charge in [0.05, 0.1) is 44.4 Å². The summed E-state index contributed by atoms with van der Waals surface area (Å²) in [5.74, 6) is 3.12. The number of amidine groups is 1. The molecule has 0 saturated carbocycles. The second-order valence-electron chi connectivity index (χ2n) is 7.40. The highest BCUT2D eigenvalue weighted by Crippen LogP contribution is 2.39. The molecule has 2 atom stereocenters. The van der Waals surface area contributed by atoms with E-state index >= 15 is 0 Å². The number of nitrogens with zero attached hydrogens (tertiary/aromatic N) is 2. The lowest BCUT2D eigenvalue weighted by molar-refractivity contribution is 0.319. The number of benzene rings is 2. The summed E-state index contributed by atoms with van der Waals surface area (Å²) in [5, 5.41) is 0.844. The first-order valence-electron chi connectivity index (χ1n) is 10.1. The second kappa shape index (κ2) is 9.40. The molecule has 0 aliphatic carbocycles. The van der Waals surface area contributed by atoms with Gasteiger partial charge in [-0.3, -0.25) is 4.99 Å². The van der Waals surface area contributed by atoms with Crippen LogP contribution in [0.5, 0.6) is 17.2 Å². The molecule has 4 rings (SSSR count). The van der Waals surface area contributed by atoms with Gasteiger partial charge in [-0.15, -0.1) is 0 Å². The van der Waals surface area contributed by atoms with Crippen LogP contribution in [0, 0.1) is 0 Å². The number of hydrogen-bond acceptors (Lipinski definition) is 8. The van der Waals surface area contributed by atoms with Gasteiger partial charge in [0, 0.05) is 17.5 Å². The summed E-state index contributed by atoms with van der Waals surface area (Å²) in [6, 6.07) is 14.9. The van der Waals surface area contributed by atoms with Crippen molar-refractivity contribution < 1.29 is 22.6 Å². The number of ether oxygens (including phenoxy) is 3. The topological polar surface area (TPSA) is 77.4 Å². The predicted molar refractivity (Wildman–Crippen MR) is 125 cm³/mol. The number of fused-ring (bicyclic) bond motifs is 1. The van der Waals surface area contributed by atoms with Crippen molar-refractivity contribution in [2.24, 2.45) is 4.99 Å². The Balaban J connectivity index is 1.46. The summed E-state index contributed by atoms with van der Waals surface area (Å²) >= 11 is 1.63. The molecule has 7 nitrogen and oxygen atoms in total. The molecule has 0 N–H and O–H groups in total. The molecule has 1 saturated heterocycles. The van der Waals surface area contributed by atoms with Crippen molar-refractivity contribution in [2.75, 3.05) is 43.0 Å². The molecule has 0 amide bonds. The lowest BCUT2D eigenvalue weighted by Gasteiger charge is -2.27. The van der Waals surface area contributed by atoms with Gasteiger partial charge >= 0.3 is 0 Å². The first-order valence-corrected chi connectivity index (χ1v) is 12.9. The summed E-state index contributed by atoms with van der Waals surface area (Å²) < 4.78 is 41.0. The van der Waals surface area contributed by atoms with E-state index in [1.807, 2.05) is 53.4 Å². The molecule has 2 heterocycles. The van der Waals surface area contributed by atoms with E-state index in [0.717, 1.165) is 28.8 Å². The number of thioether (sulfide) groups is 1. The standard InChI is InChI=1S/C22H26N2O5S2/c1-27-20-10-9-16(13-21(20)28-2)24-19-15-31(25,26)14-18(19)23-22(24)30-12-6-11-29-17-7-4-3-5-8-17/h3-5,7-10,13,18-19H,6,11-12,14-15H2,1-2H3/t18-,19-/m0/s1. The molecule has 0 bridgehead atoms. The van der Waals surface area contributed by atoms with Crippen molar-refractivity contribution in [2.45, 2.75) is 18.5 Å².